The lowest BCUT2D eigenvalue weighted by Crippen LogP contribution is -2.38. The van der Waals surface area contributed by atoms with Crippen molar-refractivity contribution in [3.63, 3.8) is 0 Å². The Bertz CT molecular complexity index is 394. The number of ether oxygens (including phenoxy) is 1. The highest BCUT2D eigenvalue weighted by Gasteiger charge is 2.22. The summed E-state index contributed by atoms with van der Waals surface area (Å²) >= 11 is 5.92. The quantitative estimate of drug-likeness (QED) is 0.792. The molecule has 5 heteroatoms. The minimum Gasteiger partial charge on any atom is -0.490 e. The minimum atomic E-state index is -0.129. The number of carbonyl (C=O) groups excluding carboxylic acids is 1. The summed E-state index contributed by atoms with van der Waals surface area (Å²) in [6, 6.07) is 7.51. The fourth-order valence-electron chi connectivity index (χ4n) is 1.35. The molecule has 2 amide bonds. The van der Waals surface area contributed by atoms with Gasteiger partial charge in [0.25, 0.3) is 0 Å². The Balaban J connectivity index is 1.62. The van der Waals surface area contributed by atoms with Crippen LogP contribution in [0.4, 0.5) is 4.79 Å². The summed E-state index contributed by atoms with van der Waals surface area (Å²) in [5.41, 5.74) is 0. The maximum Gasteiger partial charge on any atom is 0.315 e. The third-order valence-corrected chi connectivity index (χ3v) is 2.71. The molecular weight excluding hydrogens is 240 g/mol. The molecule has 17 heavy (non-hydrogen) atoms. The first-order valence-electron chi connectivity index (χ1n) is 5.67. The van der Waals surface area contributed by atoms with Crippen molar-refractivity contribution in [2.24, 2.45) is 0 Å². The smallest absolute Gasteiger partial charge is 0.315 e. The molecule has 1 saturated carbocycles. The van der Waals surface area contributed by atoms with Gasteiger partial charge in [0.2, 0.25) is 0 Å². The maximum atomic E-state index is 11.3. The molecule has 92 valence electrons. The zero-order chi connectivity index (χ0) is 12.1. The van der Waals surface area contributed by atoms with Crippen LogP contribution in [0.2, 0.25) is 5.02 Å². The van der Waals surface area contributed by atoms with Gasteiger partial charge >= 0.3 is 6.03 Å². The number of hydrogen-bond donors (Lipinski definition) is 2. The van der Waals surface area contributed by atoms with Crippen molar-refractivity contribution in [1.29, 1.82) is 0 Å². The van der Waals surface area contributed by atoms with Gasteiger partial charge in [0.1, 0.15) is 12.4 Å². The van der Waals surface area contributed by atoms with Crippen molar-refractivity contribution < 1.29 is 9.53 Å². The van der Waals surface area contributed by atoms with E-state index in [-0.39, 0.29) is 6.03 Å². The van der Waals surface area contributed by atoms with Crippen LogP contribution in [0.5, 0.6) is 5.75 Å². The predicted octanol–water partition coefficient (Wildman–Crippen LogP) is 2.18. The van der Waals surface area contributed by atoms with Crippen LogP contribution in [0.1, 0.15) is 12.8 Å². The third-order valence-electron chi connectivity index (χ3n) is 2.39. The molecule has 2 rings (SSSR count). The summed E-state index contributed by atoms with van der Waals surface area (Å²) in [4.78, 5) is 11.3. The molecule has 0 bridgehead atoms. The molecule has 0 unspecified atom stereocenters. The molecule has 0 saturated heterocycles. The number of halogens is 1. The normalized spacial score (nSPS) is 14.2. The Morgan fingerprint density at radius 2 is 2.18 bits per heavy atom. The third kappa shape index (κ3) is 4.15. The van der Waals surface area contributed by atoms with E-state index in [2.05, 4.69) is 10.6 Å². The zero-order valence-electron chi connectivity index (χ0n) is 9.41. The van der Waals surface area contributed by atoms with Gasteiger partial charge < -0.3 is 15.4 Å². The second-order valence-corrected chi connectivity index (χ2v) is 4.36. The van der Waals surface area contributed by atoms with Gasteiger partial charge in [-0.3, -0.25) is 0 Å². The number of urea groups is 1. The van der Waals surface area contributed by atoms with Crippen LogP contribution in [-0.2, 0) is 0 Å². The number of carbonyl (C=O) groups is 1. The van der Waals surface area contributed by atoms with E-state index in [4.69, 9.17) is 16.3 Å². The lowest BCUT2D eigenvalue weighted by Gasteiger charge is -2.09. The van der Waals surface area contributed by atoms with Crippen LogP contribution in [0, 0.1) is 0 Å². The molecule has 1 aliphatic carbocycles. The molecule has 0 aliphatic heterocycles. The van der Waals surface area contributed by atoms with Crippen LogP contribution < -0.4 is 15.4 Å². The molecule has 0 heterocycles. The average molecular weight is 255 g/mol. The summed E-state index contributed by atoms with van der Waals surface area (Å²) in [6.45, 7) is 0.867. The van der Waals surface area contributed by atoms with E-state index in [1.165, 1.54) is 0 Å². The number of nitrogens with one attached hydrogen (secondary N) is 2. The van der Waals surface area contributed by atoms with Crippen LogP contribution in [0.15, 0.2) is 24.3 Å². The van der Waals surface area contributed by atoms with E-state index in [9.17, 15) is 4.79 Å². The zero-order valence-corrected chi connectivity index (χ0v) is 10.2. The van der Waals surface area contributed by atoms with Gasteiger partial charge in [0.15, 0.2) is 0 Å². The molecule has 4 nitrogen and oxygen atoms in total. The van der Waals surface area contributed by atoms with E-state index in [1.807, 2.05) is 12.1 Å². The topological polar surface area (TPSA) is 50.4 Å². The first kappa shape index (κ1) is 12.0. The fraction of sp³-hybridized carbons (Fsp3) is 0.417. The van der Waals surface area contributed by atoms with Crippen molar-refractivity contribution in [1.82, 2.24) is 10.6 Å². The van der Waals surface area contributed by atoms with Gasteiger partial charge in [-0.2, -0.15) is 0 Å². The Morgan fingerprint density at radius 1 is 1.41 bits per heavy atom. The Morgan fingerprint density at radius 3 is 2.88 bits per heavy atom. The standard InChI is InChI=1S/C12H15ClN2O2/c13-10-3-1-2-4-11(10)17-8-7-14-12(16)15-9-5-6-9/h1-4,9H,5-8H2,(H2,14,15,16). The minimum absolute atomic E-state index is 0.129. The highest BCUT2D eigenvalue weighted by molar-refractivity contribution is 6.32. The molecule has 0 atom stereocenters. The van der Waals surface area contributed by atoms with Gasteiger partial charge in [-0.15, -0.1) is 0 Å². The van der Waals surface area contributed by atoms with E-state index >= 15 is 0 Å². The largest absolute Gasteiger partial charge is 0.490 e. The van der Waals surface area contributed by atoms with Crippen LogP contribution >= 0.6 is 11.6 Å². The Labute approximate surface area is 105 Å². The molecule has 2 N–H and O–H groups in total. The number of hydrogen-bond acceptors (Lipinski definition) is 2. The molecule has 0 radical (unpaired) electrons. The summed E-state index contributed by atoms with van der Waals surface area (Å²) in [6.07, 6.45) is 2.17. The van der Waals surface area contributed by atoms with Crippen LogP contribution in [0.25, 0.3) is 0 Å². The highest BCUT2D eigenvalue weighted by atomic mass is 35.5. The lowest BCUT2D eigenvalue weighted by molar-refractivity contribution is 0.236. The lowest BCUT2D eigenvalue weighted by atomic mass is 10.3. The first-order valence-corrected chi connectivity index (χ1v) is 6.05. The van der Waals surface area contributed by atoms with E-state index in [0.29, 0.717) is 30.0 Å². The molecular formula is C12H15ClN2O2. The van der Waals surface area contributed by atoms with Crippen molar-refractivity contribution in [3.8, 4) is 5.75 Å². The summed E-state index contributed by atoms with van der Waals surface area (Å²) in [5.74, 6) is 0.638. The van der Waals surface area contributed by atoms with Crippen molar-refractivity contribution in [3.05, 3.63) is 29.3 Å². The van der Waals surface area contributed by atoms with Gasteiger partial charge in [-0.05, 0) is 25.0 Å². The second kappa shape index (κ2) is 5.77. The predicted molar refractivity (Wildman–Crippen MR) is 66.5 cm³/mol. The maximum absolute atomic E-state index is 11.3. The first-order chi connectivity index (χ1) is 8.25. The van der Waals surface area contributed by atoms with Gasteiger partial charge in [0, 0.05) is 6.04 Å². The molecule has 0 aromatic heterocycles. The van der Waals surface area contributed by atoms with Gasteiger partial charge in [-0.25, -0.2) is 4.79 Å². The SMILES string of the molecule is O=C(NCCOc1ccccc1Cl)NC1CC1. The average Bonchev–Trinajstić information content (AvgIpc) is 3.10. The van der Waals surface area contributed by atoms with Crippen molar-refractivity contribution in [2.75, 3.05) is 13.2 Å². The molecule has 1 fully saturated rings. The Kier molecular flexibility index (Phi) is 4.09. The summed E-state index contributed by atoms with van der Waals surface area (Å²) < 4.78 is 5.43. The molecule has 1 aromatic rings. The van der Waals surface area contributed by atoms with E-state index in [0.717, 1.165) is 12.8 Å². The van der Waals surface area contributed by atoms with Crippen LogP contribution in [0.3, 0.4) is 0 Å². The van der Waals surface area contributed by atoms with E-state index in [1.54, 1.807) is 12.1 Å². The van der Waals surface area contributed by atoms with Gasteiger partial charge in [0.05, 0.1) is 11.6 Å². The van der Waals surface area contributed by atoms with E-state index < -0.39 is 0 Å². The van der Waals surface area contributed by atoms with Crippen molar-refractivity contribution in [2.45, 2.75) is 18.9 Å². The number of rotatable bonds is 5. The Hall–Kier alpha value is -1.42. The van der Waals surface area contributed by atoms with Crippen molar-refractivity contribution >= 4 is 17.6 Å². The van der Waals surface area contributed by atoms with Crippen LogP contribution in [-0.4, -0.2) is 25.2 Å². The fourth-order valence-corrected chi connectivity index (χ4v) is 1.54. The number of benzene rings is 1. The number of para-hydroxylation sites is 1. The molecule has 1 aliphatic rings. The highest BCUT2D eigenvalue weighted by Crippen LogP contribution is 2.22. The molecule has 1 aromatic carbocycles. The monoisotopic (exact) mass is 254 g/mol. The number of amides is 2. The summed E-state index contributed by atoms with van der Waals surface area (Å²) in [5, 5.41) is 6.14. The van der Waals surface area contributed by atoms with Gasteiger partial charge in [-0.1, -0.05) is 23.7 Å². The summed E-state index contributed by atoms with van der Waals surface area (Å²) in [7, 11) is 0. The second-order valence-electron chi connectivity index (χ2n) is 3.95. The molecule has 0 spiro atoms.